The molecule has 6 heteroatoms. The first-order valence-corrected chi connectivity index (χ1v) is 6.54. The number of amides is 2. The van der Waals surface area contributed by atoms with E-state index < -0.39 is 0 Å². The second-order valence-corrected chi connectivity index (χ2v) is 4.68. The van der Waals surface area contributed by atoms with E-state index in [0.717, 1.165) is 5.69 Å². The first-order chi connectivity index (χ1) is 9.95. The maximum Gasteiger partial charge on any atom is 0.251 e. The number of aromatic nitrogens is 1. The standard InChI is InChI=1S/C15H17N3O3/c1-9-14(21-11(3)17-9)8-16-15(20)12-4-6-13(7-5-12)18-10(2)19/h4-7H,8H2,1-3H3,(H,16,20)(H,18,19). The normalized spacial score (nSPS) is 10.2. The van der Waals surface area contributed by atoms with Crippen molar-refractivity contribution in [2.45, 2.75) is 27.3 Å². The fourth-order valence-corrected chi connectivity index (χ4v) is 1.91. The largest absolute Gasteiger partial charge is 0.444 e. The molecule has 0 saturated carbocycles. The van der Waals surface area contributed by atoms with Gasteiger partial charge in [0.05, 0.1) is 12.2 Å². The summed E-state index contributed by atoms with van der Waals surface area (Å²) in [6.45, 7) is 5.32. The number of hydrogen-bond acceptors (Lipinski definition) is 4. The Labute approximate surface area is 122 Å². The van der Waals surface area contributed by atoms with Crippen LogP contribution in [0.2, 0.25) is 0 Å². The minimum atomic E-state index is -0.210. The minimum Gasteiger partial charge on any atom is -0.444 e. The topological polar surface area (TPSA) is 84.2 Å². The number of benzene rings is 1. The van der Waals surface area contributed by atoms with E-state index in [2.05, 4.69) is 15.6 Å². The summed E-state index contributed by atoms with van der Waals surface area (Å²) in [7, 11) is 0. The van der Waals surface area contributed by atoms with Crippen molar-refractivity contribution in [1.82, 2.24) is 10.3 Å². The monoisotopic (exact) mass is 287 g/mol. The lowest BCUT2D eigenvalue weighted by Gasteiger charge is -2.05. The lowest BCUT2D eigenvalue weighted by atomic mass is 10.2. The van der Waals surface area contributed by atoms with Gasteiger partial charge in [-0.05, 0) is 31.2 Å². The third-order valence-electron chi connectivity index (χ3n) is 2.88. The Balaban J connectivity index is 1.97. The number of rotatable bonds is 4. The molecule has 2 amide bonds. The summed E-state index contributed by atoms with van der Waals surface area (Å²) >= 11 is 0. The van der Waals surface area contributed by atoms with Crippen molar-refractivity contribution < 1.29 is 14.0 Å². The van der Waals surface area contributed by atoms with Crippen molar-refractivity contribution >= 4 is 17.5 Å². The van der Waals surface area contributed by atoms with Gasteiger partial charge in [0, 0.05) is 25.1 Å². The molecular weight excluding hydrogens is 270 g/mol. The molecule has 6 nitrogen and oxygen atoms in total. The molecule has 0 aliphatic heterocycles. The summed E-state index contributed by atoms with van der Waals surface area (Å²) in [5, 5.41) is 5.41. The van der Waals surface area contributed by atoms with Crippen LogP contribution in [-0.2, 0) is 11.3 Å². The molecule has 0 unspecified atom stereocenters. The molecule has 0 aliphatic carbocycles. The maximum absolute atomic E-state index is 12.0. The zero-order chi connectivity index (χ0) is 15.4. The molecular formula is C15H17N3O3. The van der Waals surface area contributed by atoms with E-state index in [0.29, 0.717) is 29.4 Å². The van der Waals surface area contributed by atoms with Crippen molar-refractivity contribution in [3.8, 4) is 0 Å². The van der Waals surface area contributed by atoms with Crippen LogP contribution in [-0.4, -0.2) is 16.8 Å². The number of anilines is 1. The molecule has 0 spiro atoms. The van der Waals surface area contributed by atoms with Gasteiger partial charge in [-0.15, -0.1) is 0 Å². The Bertz CT molecular complexity index is 659. The lowest BCUT2D eigenvalue weighted by molar-refractivity contribution is -0.114. The quantitative estimate of drug-likeness (QED) is 0.902. The first kappa shape index (κ1) is 14.8. The molecule has 0 aliphatic rings. The molecule has 0 bridgehead atoms. The molecule has 0 saturated heterocycles. The first-order valence-electron chi connectivity index (χ1n) is 6.54. The van der Waals surface area contributed by atoms with Crippen LogP contribution in [0.15, 0.2) is 28.7 Å². The number of carbonyl (C=O) groups is 2. The van der Waals surface area contributed by atoms with Crippen molar-refractivity contribution in [3.05, 3.63) is 47.2 Å². The predicted octanol–water partition coefficient (Wildman–Crippen LogP) is 2.18. The second-order valence-electron chi connectivity index (χ2n) is 4.68. The zero-order valence-corrected chi connectivity index (χ0v) is 12.2. The van der Waals surface area contributed by atoms with Gasteiger partial charge in [-0.25, -0.2) is 4.98 Å². The van der Waals surface area contributed by atoms with Gasteiger partial charge in [-0.2, -0.15) is 0 Å². The SMILES string of the molecule is CC(=O)Nc1ccc(C(=O)NCc2oc(C)nc2C)cc1. The molecule has 110 valence electrons. The highest BCUT2D eigenvalue weighted by molar-refractivity contribution is 5.95. The van der Waals surface area contributed by atoms with Crippen LogP contribution in [0.4, 0.5) is 5.69 Å². The highest BCUT2D eigenvalue weighted by Gasteiger charge is 2.10. The molecule has 21 heavy (non-hydrogen) atoms. The number of oxazole rings is 1. The van der Waals surface area contributed by atoms with E-state index in [1.54, 1.807) is 31.2 Å². The number of hydrogen-bond donors (Lipinski definition) is 2. The zero-order valence-electron chi connectivity index (χ0n) is 12.2. The Morgan fingerprint density at radius 3 is 2.38 bits per heavy atom. The average Bonchev–Trinajstić information content (AvgIpc) is 2.74. The van der Waals surface area contributed by atoms with E-state index in [4.69, 9.17) is 4.42 Å². The fourth-order valence-electron chi connectivity index (χ4n) is 1.91. The number of aryl methyl sites for hydroxylation is 2. The van der Waals surface area contributed by atoms with Crippen molar-refractivity contribution in [3.63, 3.8) is 0 Å². The Kier molecular flexibility index (Phi) is 4.37. The van der Waals surface area contributed by atoms with Crippen LogP contribution >= 0.6 is 0 Å². The Morgan fingerprint density at radius 2 is 1.86 bits per heavy atom. The third kappa shape index (κ3) is 3.92. The van der Waals surface area contributed by atoms with Crippen molar-refractivity contribution in [2.75, 3.05) is 5.32 Å². The number of carbonyl (C=O) groups excluding carboxylic acids is 2. The van der Waals surface area contributed by atoms with Crippen LogP contribution in [0.3, 0.4) is 0 Å². The molecule has 1 aromatic heterocycles. The van der Waals surface area contributed by atoms with Crippen molar-refractivity contribution in [1.29, 1.82) is 0 Å². The maximum atomic E-state index is 12.0. The van der Waals surface area contributed by atoms with E-state index in [9.17, 15) is 9.59 Å². The number of nitrogens with one attached hydrogen (secondary N) is 2. The van der Waals surface area contributed by atoms with E-state index >= 15 is 0 Å². The van der Waals surface area contributed by atoms with Gasteiger partial charge in [0.25, 0.3) is 5.91 Å². The van der Waals surface area contributed by atoms with Crippen LogP contribution < -0.4 is 10.6 Å². The average molecular weight is 287 g/mol. The molecule has 1 aromatic carbocycles. The summed E-state index contributed by atoms with van der Waals surface area (Å²) in [6, 6.07) is 6.67. The summed E-state index contributed by atoms with van der Waals surface area (Å²) in [5.74, 6) is 0.869. The van der Waals surface area contributed by atoms with Crippen LogP contribution in [0.25, 0.3) is 0 Å². The molecule has 0 radical (unpaired) electrons. The molecule has 0 atom stereocenters. The number of nitrogens with zero attached hydrogens (tertiary/aromatic N) is 1. The Morgan fingerprint density at radius 1 is 1.19 bits per heavy atom. The lowest BCUT2D eigenvalue weighted by Crippen LogP contribution is -2.22. The van der Waals surface area contributed by atoms with E-state index in [-0.39, 0.29) is 11.8 Å². The van der Waals surface area contributed by atoms with Gasteiger partial charge in [0.2, 0.25) is 5.91 Å². The van der Waals surface area contributed by atoms with Gasteiger partial charge in [0.1, 0.15) is 5.76 Å². The highest BCUT2D eigenvalue weighted by Crippen LogP contribution is 2.11. The van der Waals surface area contributed by atoms with Crippen LogP contribution in [0.1, 0.15) is 34.6 Å². The fraction of sp³-hybridized carbons (Fsp3) is 0.267. The second kappa shape index (κ2) is 6.21. The highest BCUT2D eigenvalue weighted by atomic mass is 16.4. The summed E-state index contributed by atoms with van der Waals surface area (Å²) in [6.07, 6.45) is 0. The van der Waals surface area contributed by atoms with Gasteiger partial charge in [-0.1, -0.05) is 0 Å². The van der Waals surface area contributed by atoms with Crippen LogP contribution in [0.5, 0.6) is 0 Å². The van der Waals surface area contributed by atoms with Gasteiger partial charge in [0.15, 0.2) is 5.89 Å². The minimum absolute atomic E-state index is 0.150. The summed E-state index contributed by atoms with van der Waals surface area (Å²) < 4.78 is 5.39. The van der Waals surface area contributed by atoms with E-state index in [1.165, 1.54) is 6.92 Å². The van der Waals surface area contributed by atoms with Gasteiger partial charge < -0.3 is 15.1 Å². The molecule has 2 aromatic rings. The molecule has 1 heterocycles. The predicted molar refractivity (Wildman–Crippen MR) is 77.9 cm³/mol. The summed E-state index contributed by atoms with van der Waals surface area (Å²) in [4.78, 5) is 27.1. The molecule has 2 N–H and O–H groups in total. The molecule has 2 rings (SSSR count). The summed E-state index contributed by atoms with van der Waals surface area (Å²) in [5.41, 5.74) is 1.94. The third-order valence-corrected chi connectivity index (χ3v) is 2.88. The Hall–Kier alpha value is -2.63. The smallest absolute Gasteiger partial charge is 0.251 e. The van der Waals surface area contributed by atoms with Gasteiger partial charge in [-0.3, -0.25) is 9.59 Å². The van der Waals surface area contributed by atoms with Crippen LogP contribution in [0, 0.1) is 13.8 Å². The molecule has 0 fully saturated rings. The van der Waals surface area contributed by atoms with E-state index in [1.807, 2.05) is 6.92 Å². The van der Waals surface area contributed by atoms with Gasteiger partial charge >= 0.3 is 0 Å². The van der Waals surface area contributed by atoms with Crippen molar-refractivity contribution in [2.24, 2.45) is 0 Å².